The molecule has 0 unspecified atom stereocenters. The van der Waals surface area contributed by atoms with Gasteiger partial charge in [0.05, 0.1) is 0 Å². The molecule has 0 aliphatic heterocycles. The van der Waals surface area contributed by atoms with E-state index in [-0.39, 0.29) is 0 Å². The van der Waals surface area contributed by atoms with Crippen molar-refractivity contribution >= 4 is 0 Å². The first-order valence-electron chi connectivity index (χ1n) is 15.9. The summed E-state index contributed by atoms with van der Waals surface area (Å²) in [4.78, 5) is 0. The van der Waals surface area contributed by atoms with Gasteiger partial charge in [-0.1, -0.05) is 105 Å². The van der Waals surface area contributed by atoms with Crippen LogP contribution in [0.15, 0.2) is 105 Å². The lowest BCUT2D eigenvalue weighted by Crippen LogP contribution is -1.82. The first-order valence-corrected chi connectivity index (χ1v) is 15.9. The lowest BCUT2D eigenvalue weighted by molar-refractivity contribution is 0.900. The molecule has 0 heteroatoms. The minimum atomic E-state index is 1.14. The van der Waals surface area contributed by atoms with Crippen LogP contribution in [-0.4, -0.2) is 0 Å². The van der Waals surface area contributed by atoms with Crippen molar-refractivity contribution in [2.24, 2.45) is 0 Å². The molecule has 0 aromatic carbocycles. The Balaban J connectivity index is 4.27. The molecule has 224 valence electrons. The smallest absolute Gasteiger partial charge is 0.0285 e. The fourth-order valence-corrected chi connectivity index (χ4v) is 4.38. The van der Waals surface area contributed by atoms with Crippen molar-refractivity contribution in [3.63, 3.8) is 0 Å². The average Bonchev–Trinajstić information content (AvgIpc) is 2.86. The van der Waals surface area contributed by atoms with E-state index < -0.39 is 0 Å². The van der Waals surface area contributed by atoms with Gasteiger partial charge in [-0.05, 0) is 146 Å². The van der Waals surface area contributed by atoms with Crippen LogP contribution in [0.2, 0.25) is 0 Å². The van der Waals surface area contributed by atoms with Crippen molar-refractivity contribution in [1.82, 2.24) is 0 Å². The molecule has 0 spiro atoms. The van der Waals surface area contributed by atoms with Crippen molar-refractivity contribution in [3.05, 3.63) is 105 Å². The van der Waals surface area contributed by atoms with Crippen molar-refractivity contribution in [3.8, 4) is 0 Å². The lowest BCUT2D eigenvalue weighted by atomic mass is 10.0. The fraction of sp³-hybridized carbons (Fsp3) is 0.550. The summed E-state index contributed by atoms with van der Waals surface area (Å²) in [6.07, 6.45) is 37.2. The molecule has 0 aromatic heterocycles. The van der Waals surface area contributed by atoms with Crippen LogP contribution in [0.1, 0.15) is 146 Å². The van der Waals surface area contributed by atoms with Crippen molar-refractivity contribution < 1.29 is 0 Å². The second-order valence-electron chi connectivity index (χ2n) is 12.4. The minimum absolute atomic E-state index is 1.14. The molecule has 0 fully saturated rings. The van der Waals surface area contributed by atoms with Crippen LogP contribution in [0.25, 0.3) is 0 Å². The lowest BCUT2D eigenvalue weighted by Gasteiger charge is -2.02. The molecule has 0 rings (SSSR count). The Morgan fingerprint density at radius 1 is 0.300 bits per heavy atom. The largest absolute Gasteiger partial charge is 0.0856 e. The van der Waals surface area contributed by atoms with Gasteiger partial charge in [-0.2, -0.15) is 0 Å². The van der Waals surface area contributed by atoms with Crippen molar-refractivity contribution in [1.29, 1.82) is 0 Å². The van der Waals surface area contributed by atoms with E-state index >= 15 is 0 Å². The van der Waals surface area contributed by atoms with Gasteiger partial charge in [0.15, 0.2) is 0 Å². The number of hydrogen-bond acceptors (Lipinski definition) is 0. The zero-order valence-electron chi connectivity index (χ0n) is 28.3. The molecule has 0 bridgehead atoms. The quantitative estimate of drug-likeness (QED) is 0.106. The maximum Gasteiger partial charge on any atom is -0.0285 e. The highest BCUT2D eigenvalue weighted by Gasteiger charge is 1.95. The molecule has 0 aliphatic rings. The third-order valence-corrected chi connectivity index (χ3v) is 7.18. The van der Waals surface area contributed by atoms with E-state index in [9.17, 15) is 0 Å². The molecule has 40 heavy (non-hydrogen) atoms. The normalized spacial score (nSPS) is 14.2. The van der Waals surface area contributed by atoms with Gasteiger partial charge in [0.1, 0.15) is 0 Å². The van der Waals surface area contributed by atoms with Gasteiger partial charge in [0.2, 0.25) is 0 Å². The van der Waals surface area contributed by atoms with E-state index in [2.05, 4.69) is 130 Å². The average molecular weight is 545 g/mol. The summed E-state index contributed by atoms with van der Waals surface area (Å²) < 4.78 is 0. The summed E-state index contributed by atoms with van der Waals surface area (Å²) in [6.45, 7) is 22.3. The van der Waals surface area contributed by atoms with Crippen LogP contribution in [0, 0.1) is 0 Å². The van der Waals surface area contributed by atoms with Gasteiger partial charge in [0, 0.05) is 0 Å². The Morgan fingerprint density at radius 2 is 0.525 bits per heavy atom. The molecule has 0 N–H and O–H groups in total. The van der Waals surface area contributed by atoms with Gasteiger partial charge in [-0.25, -0.2) is 0 Å². The van der Waals surface area contributed by atoms with Gasteiger partial charge in [0.25, 0.3) is 0 Å². The molecule has 0 saturated heterocycles. The molecule has 0 heterocycles. The Morgan fingerprint density at radius 3 is 0.775 bits per heavy atom. The molecule has 0 atom stereocenters. The van der Waals surface area contributed by atoms with Crippen LogP contribution < -0.4 is 0 Å². The highest BCUT2D eigenvalue weighted by Crippen LogP contribution is 2.15. The zero-order valence-corrected chi connectivity index (χ0v) is 28.3. The standard InChI is InChI=1S/C40H64/c1-33(2)19-13-23-37(7)27-17-31-39(9)29-15-25-35(5)21-11-12-22-36(6)26-16-30-40(10)32-18-28-38(8)24-14-20-34(3)4/h11-12,19-22,27-30H,13-18,23-26,31-32H2,1-10H3/b12-11+,35-21+,36-22+,37-27-,38-28-,39-29-,40-30-. The Labute approximate surface area is 251 Å². The summed E-state index contributed by atoms with van der Waals surface area (Å²) in [5.41, 5.74) is 11.8. The van der Waals surface area contributed by atoms with Gasteiger partial charge in [-0.3, -0.25) is 0 Å². The number of rotatable bonds is 20. The highest BCUT2D eigenvalue weighted by atomic mass is 14.0. The monoisotopic (exact) mass is 545 g/mol. The van der Waals surface area contributed by atoms with Gasteiger partial charge in [-0.15, -0.1) is 0 Å². The van der Waals surface area contributed by atoms with Crippen molar-refractivity contribution in [2.45, 2.75) is 146 Å². The second-order valence-corrected chi connectivity index (χ2v) is 12.4. The van der Waals surface area contributed by atoms with Gasteiger partial charge >= 0.3 is 0 Å². The minimum Gasteiger partial charge on any atom is -0.0856 e. The zero-order chi connectivity index (χ0) is 30.2. The highest BCUT2D eigenvalue weighted by molar-refractivity contribution is 5.19. The molecule has 0 aliphatic carbocycles. The number of hydrogen-bond donors (Lipinski definition) is 0. The predicted octanol–water partition coefficient (Wildman–Crippen LogP) is 13.8. The summed E-state index contributed by atoms with van der Waals surface area (Å²) in [5.74, 6) is 0. The van der Waals surface area contributed by atoms with E-state index in [4.69, 9.17) is 0 Å². The van der Waals surface area contributed by atoms with Crippen LogP contribution >= 0.6 is 0 Å². The first-order chi connectivity index (χ1) is 19.0. The maximum absolute atomic E-state index is 2.43. The van der Waals surface area contributed by atoms with E-state index in [0.29, 0.717) is 0 Å². The van der Waals surface area contributed by atoms with Crippen LogP contribution in [0.3, 0.4) is 0 Å². The summed E-state index contributed by atoms with van der Waals surface area (Å²) in [6, 6.07) is 0. The van der Waals surface area contributed by atoms with E-state index in [1.54, 1.807) is 0 Å². The Bertz CT molecular complexity index is 887. The molecule has 0 radical (unpaired) electrons. The Hall–Kier alpha value is -2.34. The van der Waals surface area contributed by atoms with Crippen LogP contribution in [0.5, 0.6) is 0 Å². The summed E-state index contributed by atoms with van der Waals surface area (Å²) >= 11 is 0. The van der Waals surface area contributed by atoms with Crippen molar-refractivity contribution in [2.75, 3.05) is 0 Å². The fourth-order valence-electron chi connectivity index (χ4n) is 4.38. The first kappa shape index (κ1) is 37.7. The summed E-state index contributed by atoms with van der Waals surface area (Å²) in [5, 5.41) is 0. The Kier molecular flexibility index (Phi) is 23.0. The van der Waals surface area contributed by atoms with Crippen LogP contribution in [0.4, 0.5) is 0 Å². The van der Waals surface area contributed by atoms with E-state index in [0.717, 1.165) is 38.5 Å². The SMILES string of the molecule is CC(C)=CCC/C(C)=C\CC/C(C)=C\CC/C(C)=C/C=C/C=C(\C)CC/C=C(/C)CC/C=C(/C)CCC=C(C)C. The molecule has 0 amide bonds. The predicted molar refractivity (Wildman–Crippen MR) is 186 cm³/mol. The second kappa shape index (κ2) is 24.5. The summed E-state index contributed by atoms with van der Waals surface area (Å²) in [7, 11) is 0. The maximum atomic E-state index is 2.43. The van der Waals surface area contributed by atoms with E-state index in [1.165, 1.54) is 83.1 Å². The number of allylic oxidation sites excluding steroid dienone is 18. The van der Waals surface area contributed by atoms with Crippen LogP contribution in [-0.2, 0) is 0 Å². The molecule has 0 nitrogen and oxygen atoms in total. The molecule has 0 aromatic rings. The third-order valence-electron chi connectivity index (χ3n) is 7.18. The topological polar surface area (TPSA) is 0 Å². The molecular formula is C40H64. The molecular weight excluding hydrogens is 480 g/mol. The molecule has 0 saturated carbocycles. The van der Waals surface area contributed by atoms with E-state index in [1.807, 2.05) is 0 Å². The third kappa shape index (κ3) is 25.9. The van der Waals surface area contributed by atoms with Gasteiger partial charge < -0.3 is 0 Å².